The lowest BCUT2D eigenvalue weighted by molar-refractivity contribution is 0.447. The highest BCUT2D eigenvalue weighted by molar-refractivity contribution is 9.10. The van der Waals surface area contributed by atoms with Crippen LogP contribution in [0.4, 0.5) is 0 Å². The minimum absolute atomic E-state index is 0.133. The summed E-state index contributed by atoms with van der Waals surface area (Å²) in [6.07, 6.45) is 0. The summed E-state index contributed by atoms with van der Waals surface area (Å²) in [7, 11) is 0. The summed E-state index contributed by atoms with van der Waals surface area (Å²) in [6.45, 7) is 1.81. The van der Waals surface area contributed by atoms with Gasteiger partial charge in [-0.1, -0.05) is 15.9 Å². The summed E-state index contributed by atoms with van der Waals surface area (Å²) in [5, 5.41) is 10.3. The Morgan fingerprint density at radius 2 is 1.85 bits per heavy atom. The molecule has 5 heteroatoms. The van der Waals surface area contributed by atoms with Crippen LogP contribution in [0, 0.1) is 6.92 Å². The van der Waals surface area contributed by atoms with Crippen LogP contribution in [-0.4, -0.2) is 10.1 Å². The molecule has 0 unspecified atom stereocenters. The number of aromatic hydroxyl groups is 1. The van der Waals surface area contributed by atoms with Gasteiger partial charge in [0, 0.05) is 15.7 Å². The predicted molar refractivity (Wildman–Crippen MR) is 79.8 cm³/mol. The number of nitrogens with zero attached hydrogens (tertiary/aromatic N) is 1. The number of hydrogen-bond acceptors (Lipinski definition) is 4. The first-order valence-corrected chi connectivity index (χ1v) is 6.75. The van der Waals surface area contributed by atoms with Crippen LogP contribution >= 0.6 is 15.9 Å². The van der Waals surface area contributed by atoms with E-state index in [4.69, 9.17) is 4.42 Å². The Morgan fingerprint density at radius 1 is 1.15 bits per heavy atom. The molecule has 20 heavy (non-hydrogen) atoms. The molecule has 0 aliphatic rings. The van der Waals surface area contributed by atoms with E-state index in [1.54, 1.807) is 24.3 Å². The number of hydrogen-bond donors (Lipinski definition) is 1. The summed E-state index contributed by atoms with van der Waals surface area (Å²) < 4.78 is 6.50. The van der Waals surface area contributed by atoms with Crippen LogP contribution < -0.4 is 5.43 Å². The summed E-state index contributed by atoms with van der Waals surface area (Å²) in [4.78, 5) is 16.3. The van der Waals surface area contributed by atoms with E-state index in [0.29, 0.717) is 5.56 Å². The molecule has 0 aliphatic carbocycles. The van der Waals surface area contributed by atoms with Crippen LogP contribution in [0.1, 0.15) is 5.69 Å². The van der Waals surface area contributed by atoms with Gasteiger partial charge in [0.1, 0.15) is 0 Å². The fourth-order valence-corrected chi connectivity index (χ4v) is 2.22. The van der Waals surface area contributed by atoms with Crippen LogP contribution in [0.2, 0.25) is 0 Å². The van der Waals surface area contributed by atoms with E-state index in [1.807, 2.05) is 19.1 Å². The summed E-state index contributed by atoms with van der Waals surface area (Å²) >= 11 is 3.33. The van der Waals surface area contributed by atoms with Gasteiger partial charge in [-0.3, -0.25) is 4.79 Å². The molecule has 0 fully saturated rings. The molecule has 0 saturated carbocycles. The monoisotopic (exact) mass is 331 g/mol. The van der Waals surface area contributed by atoms with Crippen LogP contribution in [0.5, 0.6) is 5.75 Å². The number of fused-ring (bicyclic) bond motifs is 1. The van der Waals surface area contributed by atoms with Crippen LogP contribution in [0.15, 0.2) is 50.1 Å². The minimum Gasteiger partial charge on any atom is -0.502 e. The van der Waals surface area contributed by atoms with Gasteiger partial charge in [-0.15, -0.1) is 0 Å². The minimum atomic E-state index is -0.475. The first kappa shape index (κ1) is 12.9. The highest BCUT2D eigenvalue weighted by Crippen LogP contribution is 2.30. The third-order valence-corrected chi connectivity index (χ3v) is 3.51. The number of pyridine rings is 1. The SMILES string of the molecule is Cc1ccc2c(=O)c(O)c(-c3ccc(Br)cc3)oc2n1. The van der Waals surface area contributed by atoms with E-state index in [-0.39, 0.29) is 16.9 Å². The van der Waals surface area contributed by atoms with Crippen molar-refractivity contribution < 1.29 is 9.52 Å². The lowest BCUT2D eigenvalue weighted by Crippen LogP contribution is -2.03. The van der Waals surface area contributed by atoms with Crippen molar-refractivity contribution >= 4 is 27.0 Å². The van der Waals surface area contributed by atoms with Gasteiger partial charge in [0.15, 0.2) is 5.76 Å². The third-order valence-electron chi connectivity index (χ3n) is 2.98. The van der Waals surface area contributed by atoms with E-state index < -0.39 is 11.2 Å². The first-order chi connectivity index (χ1) is 9.56. The van der Waals surface area contributed by atoms with Gasteiger partial charge in [-0.05, 0) is 43.3 Å². The number of benzene rings is 1. The van der Waals surface area contributed by atoms with Gasteiger partial charge < -0.3 is 9.52 Å². The quantitative estimate of drug-likeness (QED) is 0.739. The summed E-state index contributed by atoms with van der Waals surface area (Å²) in [6, 6.07) is 10.4. The third kappa shape index (κ3) is 2.10. The van der Waals surface area contributed by atoms with Crippen LogP contribution in [-0.2, 0) is 0 Å². The normalized spacial score (nSPS) is 10.9. The Bertz CT molecular complexity index is 853. The molecule has 2 aromatic heterocycles. The van der Waals surface area contributed by atoms with E-state index in [0.717, 1.165) is 10.2 Å². The Labute approximate surface area is 122 Å². The maximum atomic E-state index is 12.1. The zero-order chi connectivity index (χ0) is 14.3. The van der Waals surface area contributed by atoms with Crippen LogP contribution in [0.25, 0.3) is 22.4 Å². The topological polar surface area (TPSA) is 63.3 Å². The molecular formula is C15H10BrNO3. The Kier molecular flexibility index (Phi) is 3.06. The predicted octanol–water partition coefficient (Wildman–Crippen LogP) is 3.63. The zero-order valence-electron chi connectivity index (χ0n) is 10.6. The van der Waals surface area contributed by atoms with Gasteiger partial charge in [-0.25, -0.2) is 4.98 Å². The van der Waals surface area contributed by atoms with E-state index in [2.05, 4.69) is 20.9 Å². The number of aromatic nitrogens is 1. The van der Waals surface area contributed by atoms with Gasteiger partial charge in [0.25, 0.3) is 0 Å². The molecule has 1 N–H and O–H groups in total. The molecule has 0 saturated heterocycles. The Balaban J connectivity index is 2.33. The molecule has 1 aromatic carbocycles. The van der Waals surface area contributed by atoms with Crippen LogP contribution in [0.3, 0.4) is 0 Å². The lowest BCUT2D eigenvalue weighted by atomic mass is 10.1. The maximum absolute atomic E-state index is 12.1. The first-order valence-electron chi connectivity index (χ1n) is 5.95. The van der Waals surface area contributed by atoms with Gasteiger partial charge in [-0.2, -0.15) is 0 Å². The molecule has 0 spiro atoms. The fraction of sp³-hybridized carbons (Fsp3) is 0.0667. The smallest absolute Gasteiger partial charge is 0.236 e. The Morgan fingerprint density at radius 3 is 2.55 bits per heavy atom. The number of halogens is 1. The van der Waals surface area contributed by atoms with Crippen molar-refractivity contribution in [1.29, 1.82) is 0 Å². The van der Waals surface area contributed by atoms with Crippen molar-refractivity contribution in [2.75, 3.05) is 0 Å². The highest BCUT2D eigenvalue weighted by atomic mass is 79.9. The molecule has 3 rings (SSSR count). The maximum Gasteiger partial charge on any atom is 0.236 e. The van der Waals surface area contributed by atoms with Crippen molar-refractivity contribution in [3.63, 3.8) is 0 Å². The molecule has 3 aromatic rings. The standard InChI is InChI=1S/C15H10BrNO3/c1-8-2-7-11-12(18)13(19)14(20-15(11)17-8)9-3-5-10(16)6-4-9/h2-7,19H,1H3. The van der Waals surface area contributed by atoms with E-state index >= 15 is 0 Å². The fourth-order valence-electron chi connectivity index (χ4n) is 1.96. The van der Waals surface area contributed by atoms with Crippen molar-refractivity contribution in [3.8, 4) is 17.1 Å². The summed E-state index contributed by atoms with van der Waals surface area (Å²) in [5.74, 6) is -0.265. The molecule has 2 heterocycles. The molecule has 0 radical (unpaired) electrons. The van der Waals surface area contributed by atoms with E-state index in [9.17, 15) is 9.90 Å². The number of rotatable bonds is 1. The molecule has 4 nitrogen and oxygen atoms in total. The van der Waals surface area contributed by atoms with E-state index in [1.165, 1.54) is 0 Å². The van der Waals surface area contributed by atoms with Crippen molar-refractivity contribution in [3.05, 3.63) is 56.8 Å². The molecule has 100 valence electrons. The van der Waals surface area contributed by atoms with Crippen molar-refractivity contribution in [2.45, 2.75) is 6.92 Å². The van der Waals surface area contributed by atoms with Crippen molar-refractivity contribution in [2.24, 2.45) is 0 Å². The van der Waals surface area contributed by atoms with Gasteiger partial charge in [0.2, 0.25) is 16.9 Å². The second-order valence-corrected chi connectivity index (χ2v) is 5.34. The molecule has 0 bridgehead atoms. The lowest BCUT2D eigenvalue weighted by Gasteiger charge is -2.05. The highest BCUT2D eigenvalue weighted by Gasteiger charge is 2.15. The Hall–Kier alpha value is -2.14. The van der Waals surface area contributed by atoms with Crippen molar-refractivity contribution in [1.82, 2.24) is 4.98 Å². The second kappa shape index (κ2) is 4.76. The van der Waals surface area contributed by atoms with Gasteiger partial charge in [0.05, 0.1) is 5.39 Å². The molecular weight excluding hydrogens is 322 g/mol. The molecule has 0 atom stereocenters. The molecule has 0 aliphatic heterocycles. The summed E-state index contributed by atoms with van der Waals surface area (Å²) in [5.41, 5.74) is 1.11. The molecule has 0 amide bonds. The largest absolute Gasteiger partial charge is 0.502 e. The second-order valence-electron chi connectivity index (χ2n) is 4.42. The number of aryl methyl sites for hydroxylation is 1. The zero-order valence-corrected chi connectivity index (χ0v) is 12.1. The van der Waals surface area contributed by atoms with Gasteiger partial charge >= 0.3 is 0 Å². The average molecular weight is 332 g/mol. The average Bonchev–Trinajstić information content (AvgIpc) is 2.44.